The molecule has 1 N–H and O–H groups in total. The number of aryl methyl sites for hydroxylation is 1. The largest absolute Gasteiger partial charge is 0.481 e. The van der Waals surface area contributed by atoms with Crippen LogP contribution in [-0.4, -0.2) is 36.8 Å². The summed E-state index contributed by atoms with van der Waals surface area (Å²) in [7, 11) is -0.929. The molecular weight excluding hydrogens is 292 g/mol. The van der Waals surface area contributed by atoms with E-state index in [1.807, 2.05) is 6.92 Å². The van der Waals surface area contributed by atoms with E-state index in [0.717, 1.165) is 0 Å². The average molecular weight is 314 g/mol. The molecule has 0 aromatic carbocycles. The number of carboxylic acid groups (broad SMARTS) is 1. The van der Waals surface area contributed by atoms with E-state index in [2.05, 4.69) is 4.98 Å². The van der Waals surface area contributed by atoms with Gasteiger partial charge in [0, 0.05) is 45.8 Å². The van der Waals surface area contributed by atoms with Gasteiger partial charge >= 0.3 is 11.7 Å². The van der Waals surface area contributed by atoms with Crippen LogP contribution in [0.25, 0.3) is 0 Å². The smallest absolute Gasteiger partial charge is 0.348 e. The molecule has 0 saturated carbocycles. The minimum absolute atomic E-state index is 0.172. The van der Waals surface area contributed by atoms with Crippen LogP contribution in [0.5, 0.6) is 0 Å². The van der Waals surface area contributed by atoms with Crippen LogP contribution in [0.2, 0.25) is 0 Å². The fourth-order valence-electron chi connectivity index (χ4n) is 2.53. The molecule has 0 aliphatic rings. The van der Waals surface area contributed by atoms with E-state index in [1.165, 1.54) is 4.57 Å². The monoisotopic (exact) mass is 314 g/mol. The second-order valence-electron chi connectivity index (χ2n) is 5.32. The number of hydrogen-bond donors (Lipinski definition) is 1. The summed E-state index contributed by atoms with van der Waals surface area (Å²) in [5, 5.41) is 9.20. The molecule has 3 unspecified atom stereocenters. The number of carbonyl (C=O) groups is 1. The first-order valence-electron chi connectivity index (χ1n) is 6.79. The maximum absolute atomic E-state index is 12.1. The predicted molar refractivity (Wildman–Crippen MR) is 82.3 cm³/mol. The van der Waals surface area contributed by atoms with Gasteiger partial charge in [0.1, 0.15) is 0 Å². The minimum atomic E-state index is -0.949. The van der Waals surface area contributed by atoms with E-state index < -0.39 is 22.7 Å². The molecule has 118 valence electrons. The van der Waals surface area contributed by atoms with Gasteiger partial charge in [-0.25, -0.2) is 4.79 Å². The highest BCUT2D eigenvalue weighted by molar-refractivity contribution is 7.84. The van der Waals surface area contributed by atoms with Gasteiger partial charge in [0.25, 0.3) is 0 Å². The van der Waals surface area contributed by atoms with E-state index in [-0.39, 0.29) is 11.7 Å². The van der Waals surface area contributed by atoms with Crippen LogP contribution in [0, 0.1) is 13.8 Å². The van der Waals surface area contributed by atoms with Crippen LogP contribution in [0.1, 0.15) is 49.2 Å². The van der Waals surface area contributed by atoms with Gasteiger partial charge in [-0.05, 0) is 34.1 Å². The first-order valence-corrected chi connectivity index (χ1v) is 8.52. The molecule has 1 aromatic heterocycles. The third kappa shape index (κ3) is 4.00. The molecule has 1 heterocycles. The molecule has 0 saturated heterocycles. The Bertz CT molecular complexity index is 624. The van der Waals surface area contributed by atoms with Crippen molar-refractivity contribution in [1.29, 1.82) is 0 Å². The van der Waals surface area contributed by atoms with Crippen LogP contribution in [0.15, 0.2) is 4.79 Å². The maximum Gasteiger partial charge on any atom is 0.348 e. The van der Waals surface area contributed by atoms with Crippen LogP contribution in [-0.2, 0) is 15.6 Å². The van der Waals surface area contributed by atoms with E-state index in [9.17, 15) is 18.9 Å². The second kappa shape index (κ2) is 6.98. The zero-order valence-electron chi connectivity index (χ0n) is 13.0. The Morgan fingerprint density at radius 2 is 1.95 bits per heavy atom. The molecule has 21 heavy (non-hydrogen) atoms. The first-order chi connectivity index (χ1) is 9.66. The second-order valence-corrected chi connectivity index (χ2v) is 6.88. The minimum Gasteiger partial charge on any atom is -0.481 e. The van der Waals surface area contributed by atoms with Gasteiger partial charge in [0.2, 0.25) is 0 Å². The molecule has 0 aliphatic carbocycles. The highest BCUT2D eigenvalue weighted by Gasteiger charge is 2.23. The highest BCUT2D eigenvalue weighted by Crippen LogP contribution is 2.23. The lowest BCUT2D eigenvalue weighted by Gasteiger charge is -2.22. The van der Waals surface area contributed by atoms with Gasteiger partial charge in [-0.3, -0.25) is 13.6 Å². The van der Waals surface area contributed by atoms with Crippen LogP contribution in [0.4, 0.5) is 0 Å². The number of aliphatic carboxylic acids is 1. The SMILES string of the molecule is Cc1nc(=O)n(C(C)CCS(C)=O)c(C)c1C(C)C(=O)O. The number of rotatable bonds is 6. The number of nitrogens with zero attached hydrogens (tertiary/aromatic N) is 2. The Balaban J connectivity index is 3.33. The lowest BCUT2D eigenvalue weighted by molar-refractivity contribution is -0.138. The number of hydrogen-bond acceptors (Lipinski definition) is 4. The highest BCUT2D eigenvalue weighted by atomic mass is 32.2. The molecule has 0 fully saturated rings. The van der Waals surface area contributed by atoms with Crippen molar-refractivity contribution in [1.82, 2.24) is 9.55 Å². The fraction of sp³-hybridized carbons (Fsp3) is 0.643. The topological polar surface area (TPSA) is 89.3 Å². The third-order valence-electron chi connectivity index (χ3n) is 3.68. The Kier molecular flexibility index (Phi) is 5.83. The predicted octanol–water partition coefficient (Wildman–Crippen LogP) is 1.38. The summed E-state index contributed by atoms with van der Waals surface area (Å²) in [4.78, 5) is 27.3. The normalized spacial score (nSPS) is 15.5. The summed E-state index contributed by atoms with van der Waals surface area (Å²) >= 11 is 0. The maximum atomic E-state index is 12.1. The molecule has 1 rings (SSSR count). The average Bonchev–Trinajstić information content (AvgIpc) is 2.35. The van der Waals surface area contributed by atoms with Gasteiger partial charge in [0.15, 0.2) is 0 Å². The summed E-state index contributed by atoms with van der Waals surface area (Å²) in [5.41, 5.74) is 1.26. The van der Waals surface area contributed by atoms with Crippen molar-refractivity contribution < 1.29 is 14.1 Å². The Hall–Kier alpha value is -1.50. The molecule has 3 atom stereocenters. The number of carboxylic acids is 1. The molecular formula is C14H22N2O4S. The molecule has 0 radical (unpaired) electrons. The van der Waals surface area contributed by atoms with Crippen LogP contribution < -0.4 is 5.69 Å². The standard InChI is InChI=1S/C14H22N2O4S/c1-8(6-7-21(5)20)16-11(4)12(9(2)13(17)18)10(3)15-14(16)19/h8-9H,6-7H2,1-5H3,(H,17,18). The molecule has 7 heteroatoms. The quantitative estimate of drug-likeness (QED) is 0.857. The summed E-state index contributed by atoms with van der Waals surface area (Å²) in [6.45, 7) is 6.83. The van der Waals surface area contributed by atoms with Gasteiger partial charge in [-0.2, -0.15) is 4.98 Å². The molecule has 0 spiro atoms. The number of aromatic nitrogens is 2. The van der Waals surface area contributed by atoms with E-state index in [4.69, 9.17) is 0 Å². The summed E-state index contributed by atoms with van der Waals surface area (Å²) in [6, 6.07) is -0.172. The summed E-state index contributed by atoms with van der Waals surface area (Å²) < 4.78 is 12.7. The van der Waals surface area contributed by atoms with Crippen molar-refractivity contribution in [3.63, 3.8) is 0 Å². The van der Waals surface area contributed by atoms with Crippen LogP contribution in [0.3, 0.4) is 0 Å². The van der Waals surface area contributed by atoms with Gasteiger partial charge in [-0.1, -0.05) is 0 Å². The Morgan fingerprint density at radius 1 is 1.38 bits per heavy atom. The zero-order chi connectivity index (χ0) is 16.3. The lowest BCUT2D eigenvalue weighted by atomic mass is 9.97. The molecule has 1 aromatic rings. The molecule has 0 aliphatic heterocycles. The van der Waals surface area contributed by atoms with E-state index in [0.29, 0.717) is 29.1 Å². The van der Waals surface area contributed by atoms with Crippen LogP contribution >= 0.6 is 0 Å². The van der Waals surface area contributed by atoms with Crippen molar-refractivity contribution in [2.24, 2.45) is 0 Å². The Morgan fingerprint density at radius 3 is 2.43 bits per heavy atom. The first kappa shape index (κ1) is 17.6. The van der Waals surface area contributed by atoms with E-state index >= 15 is 0 Å². The van der Waals surface area contributed by atoms with Crippen molar-refractivity contribution in [3.8, 4) is 0 Å². The zero-order valence-corrected chi connectivity index (χ0v) is 13.9. The summed E-state index contributed by atoms with van der Waals surface area (Å²) in [6.07, 6.45) is 2.20. The van der Waals surface area contributed by atoms with Crippen molar-refractivity contribution in [2.75, 3.05) is 12.0 Å². The molecule has 0 bridgehead atoms. The van der Waals surface area contributed by atoms with Crippen molar-refractivity contribution >= 4 is 16.8 Å². The lowest BCUT2D eigenvalue weighted by Crippen LogP contribution is -2.32. The van der Waals surface area contributed by atoms with Crippen molar-refractivity contribution in [2.45, 2.75) is 46.1 Å². The fourth-order valence-corrected chi connectivity index (χ4v) is 3.20. The van der Waals surface area contributed by atoms with Gasteiger partial charge in [-0.15, -0.1) is 0 Å². The Labute approximate surface area is 126 Å². The molecule has 0 amide bonds. The summed E-state index contributed by atoms with van der Waals surface area (Å²) in [5.74, 6) is -1.18. The van der Waals surface area contributed by atoms with Gasteiger partial charge < -0.3 is 5.11 Å². The third-order valence-corrected chi connectivity index (χ3v) is 4.49. The van der Waals surface area contributed by atoms with E-state index in [1.54, 1.807) is 27.0 Å². The molecule has 6 nitrogen and oxygen atoms in total. The van der Waals surface area contributed by atoms with Gasteiger partial charge in [0.05, 0.1) is 5.92 Å². The van der Waals surface area contributed by atoms with Crippen molar-refractivity contribution in [3.05, 3.63) is 27.4 Å².